The Morgan fingerprint density at radius 1 is 1.50 bits per heavy atom. The molecule has 0 aliphatic carbocycles. The molecule has 4 heteroatoms. The van der Waals surface area contributed by atoms with Crippen LogP contribution < -0.4 is 5.73 Å². The van der Waals surface area contributed by atoms with Crippen LogP contribution in [-0.2, 0) is 11.3 Å². The van der Waals surface area contributed by atoms with Crippen LogP contribution in [0, 0.1) is 0 Å². The Morgan fingerprint density at radius 3 is 2.93 bits per heavy atom. The molecule has 0 saturated heterocycles. The van der Waals surface area contributed by atoms with E-state index in [1.54, 1.807) is 0 Å². The van der Waals surface area contributed by atoms with Gasteiger partial charge in [0.1, 0.15) is 5.82 Å². The van der Waals surface area contributed by atoms with Crippen molar-refractivity contribution in [1.29, 1.82) is 0 Å². The van der Waals surface area contributed by atoms with Crippen LogP contribution in [0.25, 0.3) is 0 Å². The standard InChI is InChI=1S/C10H19N3O/c1-9(2)10-12-4-5-13(10)6-8-14-7-3-11/h4-5,9H,3,6-8,11H2,1-2H3. The molecule has 0 aliphatic heterocycles. The molecule has 0 saturated carbocycles. The van der Waals surface area contributed by atoms with E-state index >= 15 is 0 Å². The Bertz CT molecular complexity index is 258. The van der Waals surface area contributed by atoms with E-state index in [2.05, 4.69) is 23.4 Å². The predicted octanol–water partition coefficient (Wildman–Crippen LogP) is 0.982. The van der Waals surface area contributed by atoms with Crippen molar-refractivity contribution in [2.24, 2.45) is 5.73 Å². The van der Waals surface area contributed by atoms with Gasteiger partial charge in [0.15, 0.2) is 0 Å². The lowest BCUT2D eigenvalue weighted by atomic mass is 10.2. The fourth-order valence-corrected chi connectivity index (χ4v) is 1.36. The van der Waals surface area contributed by atoms with Crippen molar-refractivity contribution in [2.45, 2.75) is 26.3 Å². The third kappa shape index (κ3) is 3.12. The van der Waals surface area contributed by atoms with E-state index in [9.17, 15) is 0 Å². The second-order valence-electron chi connectivity index (χ2n) is 3.53. The first kappa shape index (κ1) is 11.2. The number of hydrogen-bond acceptors (Lipinski definition) is 3. The molecule has 1 heterocycles. The van der Waals surface area contributed by atoms with Gasteiger partial charge in [-0.2, -0.15) is 0 Å². The Labute approximate surface area is 85.1 Å². The van der Waals surface area contributed by atoms with Gasteiger partial charge in [0.25, 0.3) is 0 Å². The zero-order valence-corrected chi connectivity index (χ0v) is 8.94. The lowest BCUT2D eigenvalue weighted by Crippen LogP contribution is -2.13. The summed E-state index contributed by atoms with van der Waals surface area (Å²) in [4.78, 5) is 4.30. The Hall–Kier alpha value is -0.870. The van der Waals surface area contributed by atoms with Gasteiger partial charge in [0.05, 0.1) is 13.2 Å². The van der Waals surface area contributed by atoms with Gasteiger partial charge in [-0.3, -0.25) is 0 Å². The second-order valence-corrected chi connectivity index (χ2v) is 3.53. The summed E-state index contributed by atoms with van der Waals surface area (Å²) in [5, 5.41) is 0. The largest absolute Gasteiger partial charge is 0.378 e. The molecule has 0 atom stereocenters. The zero-order chi connectivity index (χ0) is 10.4. The Morgan fingerprint density at radius 2 is 2.29 bits per heavy atom. The molecule has 0 amide bonds. The third-order valence-electron chi connectivity index (χ3n) is 2.00. The number of rotatable bonds is 6. The summed E-state index contributed by atoms with van der Waals surface area (Å²) in [6, 6.07) is 0. The minimum atomic E-state index is 0.458. The van der Waals surface area contributed by atoms with E-state index in [1.807, 2.05) is 12.4 Å². The number of nitrogens with two attached hydrogens (primary N) is 1. The monoisotopic (exact) mass is 197 g/mol. The first-order valence-electron chi connectivity index (χ1n) is 5.04. The van der Waals surface area contributed by atoms with Crippen LogP contribution in [-0.4, -0.2) is 29.3 Å². The maximum Gasteiger partial charge on any atom is 0.111 e. The number of imidazole rings is 1. The molecule has 80 valence electrons. The summed E-state index contributed by atoms with van der Waals surface area (Å²) in [6.07, 6.45) is 3.82. The molecule has 0 radical (unpaired) electrons. The fraction of sp³-hybridized carbons (Fsp3) is 0.700. The van der Waals surface area contributed by atoms with E-state index in [0.717, 1.165) is 12.4 Å². The molecule has 1 aromatic heterocycles. The topological polar surface area (TPSA) is 53.1 Å². The average molecular weight is 197 g/mol. The van der Waals surface area contributed by atoms with Crippen molar-refractivity contribution in [1.82, 2.24) is 9.55 Å². The lowest BCUT2D eigenvalue weighted by Gasteiger charge is -2.10. The van der Waals surface area contributed by atoms with Crippen LogP contribution in [0.3, 0.4) is 0 Å². The van der Waals surface area contributed by atoms with Gasteiger partial charge >= 0.3 is 0 Å². The summed E-state index contributed by atoms with van der Waals surface area (Å²) in [7, 11) is 0. The van der Waals surface area contributed by atoms with Crippen molar-refractivity contribution in [3.8, 4) is 0 Å². The maximum absolute atomic E-state index is 5.32. The van der Waals surface area contributed by atoms with Crippen molar-refractivity contribution in [2.75, 3.05) is 19.8 Å². The summed E-state index contributed by atoms with van der Waals surface area (Å²) in [5.41, 5.74) is 5.32. The molecule has 4 nitrogen and oxygen atoms in total. The predicted molar refractivity (Wildman–Crippen MR) is 56.2 cm³/mol. The highest BCUT2D eigenvalue weighted by Gasteiger charge is 2.05. The van der Waals surface area contributed by atoms with E-state index < -0.39 is 0 Å². The molecule has 14 heavy (non-hydrogen) atoms. The van der Waals surface area contributed by atoms with E-state index in [1.165, 1.54) is 0 Å². The second kappa shape index (κ2) is 5.78. The quantitative estimate of drug-likeness (QED) is 0.692. The van der Waals surface area contributed by atoms with Crippen LogP contribution in [0.5, 0.6) is 0 Å². The first-order valence-corrected chi connectivity index (χ1v) is 5.04. The molecule has 0 bridgehead atoms. The van der Waals surface area contributed by atoms with Crippen molar-refractivity contribution < 1.29 is 4.74 Å². The van der Waals surface area contributed by atoms with E-state index in [0.29, 0.717) is 25.7 Å². The smallest absolute Gasteiger partial charge is 0.111 e. The van der Waals surface area contributed by atoms with Crippen LogP contribution in [0.15, 0.2) is 12.4 Å². The van der Waals surface area contributed by atoms with Gasteiger partial charge in [-0.1, -0.05) is 13.8 Å². The summed E-state index contributed by atoms with van der Waals surface area (Å²) < 4.78 is 7.44. The number of nitrogens with zero attached hydrogens (tertiary/aromatic N) is 2. The van der Waals surface area contributed by atoms with Gasteiger partial charge < -0.3 is 15.0 Å². The molecule has 1 aromatic rings. The minimum Gasteiger partial charge on any atom is -0.378 e. The average Bonchev–Trinajstić information content (AvgIpc) is 2.60. The van der Waals surface area contributed by atoms with Crippen molar-refractivity contribution in [3.05, 3.63) is 18.2 Å². The number of ether oxygens (including phenoxy) is 1. The highest BCUT2D eigenvalue weighted by Crippen LogP contribution is 2.11. The molecule has 0 fully saturated rings. The molecule has 0 spiro atoms. The van der Waals surface area contributed by atoms with E-state index in [4.69, 9.17) is 10.5 Å². The Kier molecular flexibility index (Phi) is 4.62. The molecule has 0 aromatic carbocycles. The van der Waals surface area contributed by atoms with Crippen LogP contribution in [0.1, 0.15) is 25.6 Å². The molecular formula is C10H19N3O. The highest BCUT2D eigenvalue weighted by atomic mass is 16.5. The molecule has 2 N–H and O–H groups in total. The zero-order valence-electron chi connectivity index (χ0n) is 8.94. The summed E-state index contributed by atoms with van der Waals surface area (Å²) in [6.45, 7) is 7.05. The minimum absolute atomic E-state index is 0.458. The van der Waals surface area contributed by atoms with Gasteiger partial charge in [-0.15, -0.1) is 0 Å². The normalized spacial score (nSPS) is 11.1. The first-order chi connectivity index (χ1) is 6.75. The SMILES string of the molecule is CC(C)c1nccn1CCOCCN. The Balaban J connectivity index is 2.38. The molecular weight excluding hydrogens is 178 g/mol. The maximum atomic E-state index is 5.32. The van der Waals surface area contributed by atoms with Gasteiger partial charge in [0.2, 0.25) is 0 Å². The third-order valence-corrected chi connectivity index (χ3v) is 2.00. The van der Waals surface area contributed by atoms with Gasteiger partial charge in [-0.25, -0.2) is 4.98 Å². The van der Waals surface area contributed by atoms with E-state index in [-0.39, 0.29) is 0 Å². The summed E-state index contributed by atoms with van der Waals surface area (Å²) in [5.74, 6) is 1.57. The van der Waals surface area contributed by atoms with Gasteiger partial charge in [-0.05, 0) is 0 Å². The fourth-order valence-electron chi connectivity index (χ4n) is 1.36. The van der Waals surface area contributed by atoms with Crippen molar-refractivity contribution in [3.63, 3.8) is 0 Å². The molecule has 0 unspecified atom stereocenters. The molecule has 0 aliphatic rings. The highest BCUT2D eigenvalue weighted by molar-refractivity contribution is 4.97. The van der Waals surface area contributed by atoms with Crippen LogP contribution >= 0.6 is 0 Å². The lowest BCUT2D eigenvalue weighted by molar-refractivity contribution is 0.132. The van der Waals surface area contributed by atoms with Gasteiger partial charge in [0, 0.05) is 31.4 Å². The number of aromatic nitrogens is 2. The van der Waals surface area contributed by atoms with Crippen LogP contribution in [0.2, 0.25) is 0 Å². The number of hydrogen-bond donors (Lipinski definition) is 1. The molecule has 1 rings (SSSR count). The van der Waals surface area contributed by atoms with Crippen molar-refractivity contribution >= 4 is 0 Å². The van der Waals surface area contributed by atoms with Crippen LogP contribution in [0.4, 0.5) is 0 Å². The summed E-state index contributed by atoms with van der Waals surface area (Å²) >= 11 is 0.